The second-order valence-electron chi connectivity index (χ2n) is 11.1. The lowest BCUT2D eigenvalue weighted by Gasteiger charge is -2.37. The number of esters is 1. The highest BCUT2D eigenvalue weighted by Crippen LogP contribution is 2.43. The van der Waals surface area contributed by atoms with Crippen molar-refractivity contribution in [2.24, 2.45) is 5.41 Å². The van der Waals surface area contributed by atoms with Crippen LogP contribution in [0.1, 0.15) is 72.9 Å². The number of hydrogen-bond acceptors (Lipinski definition) is 7. The predicted octanol–water partition coefficient (Wildman–Crippen LogP) is 7.38. The van der Waals surface area contributed by atoms with E-state index in [4.69, 9.17) is 14.2 Å². The third-order valence-electron chi connectivity index (χ3n) is 7.89. The molecule has 0 bridgehead atoms. The summed E-state index contributed by atoms with van der Waals surface area (Å²) >= 11 is 4.51. The molecule has 1 aliphatic carbocycles. The number of rotatable bonds is 11. The number of fused-ring (bicyclic) bond motifs is 1. The molecule has 0 saturated carbocycles. The van der Waals surface area contributed by atoms with Crippen molar-refractivity contribution in [3.63, 3.8) is 0 Å². The number of ether oxygens (including phenoxy) is 3. The Bertz CT molecular complexity index is 1390. The Morgan fingerprint density at radius 2 is 1.88 bits per heavy atom. The molecule has 1 unspecified atom stereocenters. The smallest absolute Gasteiger partial charge is 0.305 e. The molecule has 4 rings (SSSR count). The van der Waals surface area contributed by atoms with Gasteiger partial charge in [0.15, 0.2) is 0 Å². The standard InChI is InChI=1S/C32H38BrNO6S/c1-6-38-28(35)9-7-8-14-39-29-20(3)19(2)24-17-32(5,13-12-23(24)21(29)4)18-40-26-11-10-22(15-25(26)33)16-27-30(36)34-31(37)41-27/h10-11,15-16H,6-9,12-14,17-18H2,1-5H3,(H,34,36,37)/b27-16+. The summed E-state index contributed by atoms with van der Waals surface area (Å²) < 4.78 is 18.4. The molecule has 0 aromatic heterocycles. The first-order chi connectivity index (χ1) is 19.5. The van der Waals surface area contributed by atoms with Crippen LogP contribution in [0, 0.1) is 26.2 Å². The summed E-state index contributed by atoms with van der Waals surface area (Å²) in [6, 6.07) is 5.68. The van der Waals surface area contributed by atoms with Gasteiger partial charge < -0.3 is 14.2 Å². The van der Waals surface area contributed by atoms with Crippen molar-refractivity contribution in [3.05, 3.63) is 61.0 Å². The van der Waals surface area contributed by atoms with E-state index >= 15 is 0 Å². The number of carbonyl (C=O) groups excluding carboxylic acids is 3. The van der Waals surface area contributed by atoms with Crippen molar-refractivity contribution >= 4 is 50.9 Å². The normalized spacial score (nSPS) is 19.2. The molecule has 7 nitrogen and oxygen atoms in total. The molecular formula is C32H38BrNO6S. The fourth-order valence-corrected chi connectivity index (χ4v) is 6.65. The Morgan fingerprint density at radius 3 is 2.56 bits per heavy atom. The van der Waals surface area contributed by atoms with Crippen molar-refractivity contribution in [2.45, 2.75) is 73.1 Å². The number of unbranched alkanes of at least 4 members (excludes halogenated alkanes) is 1. The molecule has 1 saturated heterocycles. The zero-order chi connectivity index (χ0) is 29.7. The molecule has 2 aromatic carbocycles. The van der Waals surface area contributed by atoms with Crippen molar-refractivity contribution in [3.8, 4) is 11.5 Å². The number of hydrogen-bond donors (Lipinski definition) is 1. The molecule has 1 heterocycles. The second-order valence-corrected chi connectivity index (χ2v) is 13.0. The van der Waals surface area contributed by atoms with Crippen LogP contribution in [-0.4, -0.2) is 36.9 Å². The van der Waals surface area contributed by atoms with Gasteiger partial charge in [-0.2, -0.15) is 0 Å². The zero-order valence-corrected chi connectivity index (χ0v) is 26.8. The van der Waals surface area contributed by atoms with E-state index in [2.05, 4.69) is 48.9 Å². The average molecular weight is 645 g/mol. The summed E-state index contributed by atoms with van der Waals surface area (Å²) in [5, 5.41) is 1.92. The third-order valence-corrected chi connectivity index (χ3v) is 9.32. The van der Waals surface area contributed by atoms with Crippen LogP contribution in [0.25, 0.3) is 6.08 Å². The van der Waals surface area contributed by atoms with Crippen LogP contribution in [0.3, 0.4) is 0 Å². The minimum Gasteiger partial charge on any atom is -0.493 e. The topological polar surface area (TPSA) is 90.9 Å². The van der Waals surface area contributed by atoms with Gasteiger partial charge in [-0.05, 0) is 139 Å². The molecule has 41 heavy (non-hydrogen) atoms. The summed E-state index contributed by atoms with van der Waals surface area (Å²) in [5.41, 5.74) is 7.26. The van der Waals surface area contributed by atoms with E-state index in [-0.39, 0.29) is 22.5 Å². The second kappa shape index (κ2) is 13.5. The SMILES string of the molecule is CCOC(=O)CCCCOc1c(C)c(C)c2c(c1C)CCC(C)(COc1ccc(/C=C3/SC(=O)NC3=O)cc1Br)C2. The highest BCUT2D eigenvalue weighted by atomic mass is 79.9. The molecule has 2 aliphatic rings. The molecular weight excluding hydrogens is 606 g/mol. The predicted molar refractivity (Wildman–Crippen MR) is 166 cm³/mol. The Balaban J connectivity index is 1.39. The lowest BCUT2D eigenvalue weighted by atomic mass is 9.70. The number of thioether (sulfide) groups is 1. The molecule has 1 atom stereocenters. The average Bonchev–Trinajstić information content (AvgIpc) is 3.24. The van der Waals surface area contributed by atoms with Crippen LogP contribution in [0.4, 0.5) is 4.79 Å². The van der Waals surface area contributed by atoms with Crippen molar-refractivity contribution in [1.82, 2.24) is 5.32 Å². The molecule has 1 aliphatic heterocycles. The van der Waals surface area contributed by atoms with Gasteiger partial charge in [-0.3, -0.25) is 19.7 Å². The van der Waals surface area contributed by atoms with Gasteiger partial charge in [0, 0.05) is 11.8 Å². The molecule has 9 heteroatoms. The lowest BCUT2D eigenvalue weighted by molar-refractivity contribution is -0.143. The van der Waals surface area contributed by atoms with Crippen molar-refractivity contribution < 1.29 is 28.6 Å². The number of amides is 2. The Morgan fingerprint density at radius 1 is 1.10 bits per heavy atom. The van der Waals surface area contributed by atoms with Crippen molar-refractivity contribution in [2.75, 3.05) is 19.8 Å². The van der Waals surface area contributed by atoms with Gasteiger partial charge in [0.1, 0.15) is 11.5 Å². The number of nitrogens with one attached hydrogen (secondary N) is 1. The van der Waals surface area contributed by atoms with Crippen LogP contribution in [0.15, 0.2) is 27.6 Å². The summed E-state index contributed by atoms with van der Waals surface area (Å²) in [7, 11) is 0. The quantitative estimate of drug-likeness (QED) is 0.155. The first kappa shape index (κ1) is 31.2. The Hall–Kier alpha value is -2.78. The molecule has 0 radical (unpaired) electrons. The fourth-order valence-electron chi connectivity index (χ4n) is 5.45. The van der Waals surface area contributed by atoms with Crippen LogP contribution < -0.4 is 14.8 Å². The molecule has 1 N–H and O–H groups in total. The van der Waals surface area contributed by atoms with E-state index in [0.29, 0.717) is 31.1 Å². The molecule has 2 aromatic rings. The van der Waals surface area contributed by atoms with Gasteiger partial charge in [0.05, 0.1) is 29.2 Å². The van der Waals surface area contributed by atoms with Crippen molar-refractivity contribution in [1.29, 1.82) is 0 Å². The van der Waals surface area contributed by atoms with E-state index in [0.717, 1.165) is 65.4 Å². The molecule has 2 amide bonds. The first-order valence-corrected chi connectivity index (χ1v) is 15.7. The maximum atomic E-state index is 11.9. The molecule has 220 valence electrons. The van der Waals surface area contributed by atoms with E-state index < -0.39 is 0 Å². The maximum absolute atomic E-state index is 11.9. The Labute approximate surface area is 254 Å². The van der Waals surface area contributed by atoms with Gasteiger partial charge in [0.25, 0.3) is 11.1 Å². The number of imide groups is 1. The first-order valence-electron chi connectivity index (χ1n) is 14.1. The van der Waals surface area contributed by atoms with Gasteiger partial charge in [-0.1, -0.05) is 13.0 Å². The summed E-state index contributed by atoms with van der Waals surface area (Å²) in [4.78, 5) is 35.3. The zero-order valence-electron chi connectivity index (χ0n) is 24.4. The van der Waals surface area contributed by atoms with E-state index in [9.17, 15) is 14.4 Å². The summed E-state index contributed by atoms with van der Waals surface area (Å²) in [6.07, 6.45) is 6.60. The van der Waals surface area contributed by atoms with Crippen LogP contribution >= 0.6 is 27.7 Å². The number of carbonyl (C=O) groups is 3. The minimum atomic E-state index is -0.368. The molecule has 1 fully saturated rings. The van der Waals surface area contributed by atoms with Crippen LogP contribution in [0.2, 0.25) is 0 Å². The number of benzene rings is 2. The van der Waals surface area contributed by atoms with E-state index in [1.54, 1.807) is 6.08 Å². The highest BCUT2D eigenvalue weighted by molar-refractivity contribution is 9.10. The Kier molecular flexibility index (Phi) is 10.2. The minimum absolute atomic E-state index is 0.0227. The monoisotopic (exact) mass is 643 g/mol. The highest BCUT2D eigenvalue weighted by Gasteiger charge is 2.34. The van der Waals surface area contributed by atoms with Crippen LogP contribution in [-0.2, 0) is 27.2 Å². The van der Waals surface area contributed by atoms with Gasteiger partial charge in [-0.15, -0.1) is 0 Å². The van der Waals surface area contributed by atoms with Crippen LogP contribution in [0.5, 0.6) is 11.5 Å². The molecule has 0 spiro atoms. The summed E-state index contributed by atoms with van der Waals surface area (Å²) in [6.45, 7) is 12.2. The van der Waals surface area contributed by atoms with E-state index in [1.807, 2.05) is 25.1 Å². The fraction of sp³-hybridized carbons (Fsp3) is 0.469. The third kappa shape index (κ3) is 7.55. The maximum Gasteiger partial charge on any atom is 0.305 e. The largest absolute Gasteiger partial charge is 0.493 e. The lowest BCUT2D eigenvalue weighted by Crippen LogP contribution is -2.33. The van der Waals surface area contributed by atoms with E-state index in [1.165, 1.54) is 27.8 Å². The summed E-state index contributed by atoms with van der Waals surface area (Å²) in [5.74, 6) is 1.21. The van der Waals surface area contributed by atoms with Gasteiger partial charge in [-0.25, -0.2) is 0 Å². The van der Waals surface area contributed by atoms with Gasteiger partial charge in [0.2, 0.25) is 0 Å². The van der Waals surface area contributed by atoms with Gasteiger partial charge >= 0.3 is 5.97 Å². The number of halogens is 1.